The summed E-state index contributed by atoms with van der Waals surface area (Å²) >= 11 is 0. The molecule has 0 amide bonds. The molecule has 7 atom stereocenters. The molecule has 28 heavy (non-hydrogen) atoms. The minimum absolute atomic E-state index is 0.0147. The Labute approximate surface area is 170 Å². The van der Waals surface area contributed by atoms with Gasteiger partial charge in [0, 0.05) is 11.8 Å². The van der Waals surface area contributed by atoms with Crippen LogP contribution >= 0.6 is 0 Å². The molecule has 154 valence electrons. The highest BCUT2D eigenvalue weighted by Gasteiger charge is 2.49. The van der Waals surface area contributed by atoms with Gasteiger partial charge in [-0.1, -0.05) is 44.4 Å². The van der Waals surface area contributed by atoms with E-state index in [9.17, 15) is 9.59 Å². The van der Waals surface area contributed by atoms with E-state index in [-0.39, 0.29) is 23.9 Å². The lowest BCUT2D eigenvalue weighted by atomic mass is 9.67. The molecule has 3 heteroatoms. The van der Waals surface area contributed by atoms with E-state index in [1.807, 2.05) is 0 Å². The standard InChI is InChI=1S/C25H36O3/c1-4-17-9-6-5-8-15(2)25(27)23-13-21-19-11-7-10-18(19)16(3)12-20(21)22(23)14-24(26)28-17/h12-13,15,17-22H,4-11,14H2,1-3H3. The first-order chi connectivity index (χ1) is 13.5. The van der Waals surface area contributed by atoms with Crippen LogP contribution in [0.4, 0.5) is 0 Å². The highest BCUT2D eigenvalue weighted by Crippen LogP contribution is 2.55. The first kappa shape index (κ1) is 19.9. The Balaban J connectivity index is 1.66. The van der Waals surface area contributed by atoms with E-state index < -0.39 is 0 Å². The SMILES string of the molecule is CCC1CCCCC(C)C(=O)C2=CC3C(C=C(C)C4CCCC43)C2CC(=O)O1. The Morgan fingerprint density at radius 3 is 2.54 bits per heavy atom. The van der Waals surface area contributed by atoms with Gasteiger partial charge < -0.3 is 4.74 Å². The van der Waals surface area contributed by atoms with Gasteiger partial charge in [-0.15, -0.1) is 0 Å². The van der Waals surface area contributed by atoms with Crippen LogP contribution in [0.25, 0.3) is 0 Å². The van der Waals surface area contributed by atoms with E-state index in [2.05, 4.69) is 32.9 Å². The third-order valence-corrected chi connectivity index (χ3v) is 8.07. The molecule has 0 aromatic heterocycles. The lowest BCUT2D eigenvalue weighted by Crippen LogP contribution is -2.32. The van der Waals surface area contributed by atoms with Gasteiger partial charge in [-0.2, -0.15) is 0 Å². The number of Topliss-reactive ketones (excluding diaryl/α,β-unsaturated/α-hetero) is 1. The van der Waals surface area contributed by atoms with Crippen molar-refractivity contribution in [2.75, 3.05) is 0 Å². The third kappa shape index (κ3) is 3.62. The Bertz CT molecular complexity index is 688. The molecule has 4 rings (SSSR count). The highest BCUT2D eigenvalue weighted by atomic mass is 16.5. The summed E-state index contributed by atoms with van der Waals surface area (Å²) in [6, 6.07) is 0. The molecule has 4 aliphatic rings. The van der Waals surface area contributed by atoms with Crippen LogP contribution in [0.5, 0.6) is 0 Å². The molecular formula is C25H36O3. The lowest BCUT2D eigenvalue weighted by Gasteiger charge is -2.37. The maximum absolute atomic E-state index is 13.3. The zero-order chi connectivity index (χ0) is 19.8. The van der Waals surface area contributed by atoms with Crippen molar-refractivity contribution in [3.63, 3.8) is 0 Å². The molecule has 0 spiro atoms. The number of ether oxygens (including phenoxy) is 1. The van der Waals surface area contributed by atoms with Crippen molar-refractivity contribution in [2.45, 2.75) is 84.7 Å². The van der Waals surface area contributed by atoms with Gasteiger partial charge in [-0.3, -0.25) is 9.59 Å². The number of hydrogen-bond donors (Lipinski definition) is 0. The number of fused-ring (bicyclic) bond motifs is 5. The first-order valence-corrected chi connectivity index (χ1v) is 11.6. The van der Waals surface area contributed by atoms with Gasteiger partial charge in [-0.05, 0) is 74.7 Å². The number of rotatable bonds is 1. The number of ketones is 1. The lowest BCUT2D eigenvalue weighted by molar-refractivity contribution is -0.150. The number of esters is 1. The molecule has 3 aliphatic carbocycles. The zero-order valence-electron chi connectivity index (χ0n) is 17.8. The van der Waals surface area contributed by atoms with Gasteiger partial charge in [0.05, 0.1) is 6.42 Å². The summed E-state index contributed by atoms with van der Waals surface area (Å²) in [5.41, 5.74) is 2.44. The Kier molecular flexibility index (Phi) is 5.81. The highest BCUT2D eigenvalue weighted by molar-refractivity contribution is 5.98. The fourth-order valence-electron chi connectivity index (χ4n) is 6.50. The average molecular weight is 385 g/mol. The van der Waals surface area contributed by atoms with Crippen LogP contribution in [0.3, 0.4) is 0 Å². The summed E-state index contributed by atoms with van der Waals surface area (Å²) in [5, 5.41) is 0. The molecule has 0 radical (unpaired) electrons. The number of hydrogen-bond acceptors (Lipinski definition) is 3. The van der Waals surface area contributed by atoms with Crippen LogP contribution in [0.15, 0.2) is 23.3 Å². The molecule has 3 nitrogen and oxygen atoms in total. The van der Waals surface area contributed by atoms with Crippen LogP contribution < -0.4 is 0 Å². The van der Waals surface area contributed by atoms with Crippen molar-refractivity contribution in [2.24, 2.45) is 35.5 Å². The van der Waals surface area contributed by atoms with Crippen LogP contribution in [0, 0.1) is 35.5 Å². The van der Waals surface area contributed by atoms with E-state index in [4.69, 9.17) is 4.74 Å². The third-order valence-electron chi connectivity index (χ3n) is 8.07. The van der Waals surface area contributed by atoms with Crippen LogP contribution in [-0.4, -0.2) is 17.9 Å². The molecule has 0 N–H and O–H groups in total. The van der Waals surface area contributed by atoms with Crippen molar-refractivity contribution in [3.8, 4) is 0 Å². The summed E-state index contributed by atoms with van der Waals surface area (Å²) in [5.74, 6) is 2.35. The number of carbonyl (C=O) groups excluding carboxylic acids is 2. The number of carbonyl (C=O) groups is 2. The minimum Gasteiger partial charge on any atom is -0.462 e. The van der Waals surface area contributed by atoms with Crippen molar-refractivity contribution in [1.29, 1.82) is 0 Å². The summed E-state index contributed by atoms with van der Waals surface area (Å²) in [7, 11) is 0. The normalized spacial score (nSPS) is 41.6. The predicted molar refractivity (Wildman–Crippen MR) is 111 cm³/mol. The molecule has 7 unspecified atom stereocenters. The Morgan fingerprint density at radius 2 is 1.75 bits per heavy atom. The predicted octanol–water partition coefficient (Wildman–Crippen LogP) is 5.64. The minimum atomic E-state index is -0.107. The molecular weight excluding hydrogens is 348 g/mol. The molecule has 1 saturated carbocycles. The second-order valence-electron chi connectivity index (χ2n) is 9.77. The van der Waals surface area contributed by atoms with E-state index in [0.717, 1.165) is 37.7 Å². The molecule has 0 aromatic rings. The fraction of sp³-hybridized carbons (Fsp3) is 0.760. The van der Waals surface area contributed by atoms with Gasteiger partial charge in [0.2, 0.25) is 0 Å². The first-order valence-electron chi connectivity index (χ1n) is 11.6. The molecule has 0 bridgehead atoms. The van der Waals surface area contributed by atoms with Gasteiger partial charge in [-0.25, -0.2) is 0 Å². The Morgan fingerprint density at radius 1 is 0.964 bits per heavy atom. The Hall–Kier alpha value is -1.38. The number of cyclic esters (lactones) is 1. The summed E-state index contributed by atoms with van der Waals surface area (Å²) in [6.45, 7) is 6.45. The van der Waals surface area contributed by atoms with E-state index in [1.54, 1.807) is 0 Å². The zero-order valence-corrected chi connectivity index (χ0v) is 17.8. The molecule has 1 heterocycles. The van der Waals surface area contributed by atoms with Crippen molar-refractivity contribution in [1.82, 2.24) is 0 Å². The second-order valence-corrected chi connectivity index (χ2v) is 9.77. The van der Waals surface area contributed by atoms with Crippen molar-refractivity contribution in [3.05, 3.63) is 23.3 Å². The van der Waals surface area contributed by atoms with Gasteiger partial charge >= 0.3 is 5.97 Å². The maximum atomic E-state index is 13.3. The van der Waals surface area contributed by atoms with E-state index >= 15 is 0 Å². The monoisotopic (exact) mass is 384 g/mol. The maximum Gasteiger partial charge on any atom is 0.306 e. The van der Waals surface area contributed by atoms with Gasteiger partial charge in [0.1, 0.15) is 6.10 Å². The van der Waals surface area contributed by atoms with Crippen LogP contribution in [0.2, 0.25) is 0 Å². The molecule has 0 aromatic carbocycles. The van der Waals surface area contributed by atoms with E-state index in [1.165, 1.54) is 24.8 Å². The second kappa shape index (κ2) is 8.16. The summed E-state index contributed by atoms with van der Waals surface area (Å²) in [6.07, 6.45) is 13.8. The topological polar surface area (TPSA) is 43.4 Å². The van der Waals surface area contributed by atoms with Crippen LogP contribution in [0.1, 0.15) is 78.6 Å². The van der Waals surface area contributed by atoms with Crippen LogP contribution in [-0.2, 0) is 14.3 Å². The number of allylic oxidation sites excluding steroid dienone is 4. The summed E-state index contributed by atoms with van der Waals surface area (Å²) in [4.78, 5) is 26.1. The fourth-order valence-corrected chi connectivity index (χ4v) is 6.50. The van der Waals surface area contributed by atoms with Gasteiger partial charge in [0.15, 0.2) is 5.78 Å². The van der Waals surface area contributed by atoms with Gasteiger partial charge in [0.25, 0.3) is 0 Å². The quantitative estimate of drug-likeness (QED) is 0.434. The average Bonchev–Trinajstić information content (AvgIpc) is 3.29. The molecule has 2 fully saturated rings. The molecule has 1 aliphatic heterocycles. The summed E-state index contributed by atoms with van der Waals surface area (Å²) < 4.78 is 5.84. The van der Waals surface area contributed by atoms with Crippen molar-refractivity contribution >= 4 is 11.8 Å². The largest absolute Gasteiger partial charge is 0.462 e. The molecule has 1 saturated heterocycles. The smallest absolute Gasteiger partial charge is 0.306 e. The van der Waals surface area contributed by atoms with E-state index in [0.29, 0.717) is 35.9 Å². The van der Waals surface area contributed by atoms with Crippen molar-refractivity contribution < 1.29 is 14.3 Å².